The van der Waals surface area contributed by atoms with Gasteiger partial charge in [-0.2, -0.15) is 0 Å². The number of aliphatic hydroxyl groups excluding tert-OH is 1. The molecule has 20 heavy (non-hydrogen) atoms. The molecule has 2 aromatic rings. The summed E-state index contributed by atoms with van der Waals surface area (Å²) in [5.74, 6) is 0.962. The summed E-state index contributed by atoms with van der Waals surface area (Å²) in [4.78, 5) is 10.3. The molecular weight excluding hydrogens is 250 g/mol. The highest BCUT2D eigenvalue weighted by atomic mass is 16.2. The first-order valence-corrected chi connectivity index (χ1v) is 7.63. The third-order valence-electron chi connectivity index (χ3n) is 3.44. The van der Waals surface area contributed by atoms with E-state index in [1.54, 1.807) is 0 Å². The van der Waals surface area contributed by atoms with Crippen LogP contribution in [0.2, 0.25) is 0 Å². The summed E-state index contributed by atoms with van der Waals surface area (Å²) in [6.45, 7) is 6.81. The average Bonchev–Trinajstić information content (AvgIpc) is 2.86. The molecule has 1 heterocycles. The zero-order valence-electron chi connectivity index (χ0n) is 12.5. The highest BCUT2D eigenvalue weighted by Crippen LogP contribution is 2.21. The molecule has 0 saturated carbocycles. The minimum Gasteiger partial charge on any atom is -0.396 e. The van der Waals surface area contributed by atoms with Crippen molar-refractivity contribution in [2.75, 3.05) is 24.6 Å². The Morgan fingerprint density at radius 3 is 2.60 bits per heavy atom. The van der Waals surface area contributed by atoms with Crippen LogP contribution in [0.5, 0.6) is 0 Å². The van der Waals surface area contributed by atoms with Crippen LogP contribution in [0.25, 0.3) is 11.0 Å². The van der Waals surface area contributed by atoms with Crippen molar-refractivity contribution in [1.29, 1.82) is 0 Å². The number of H-pyrrole nitrogens is 1. The van der Waals surface area contributed by atoms with E-state index in [0.29, 0.717) is 0 Å². The van der Waals surface area contributed by atoms with E-state index in [0.717, 1.165) is 55.6 Å². The molecule has 0 bridgehead atoms. The smallest absolute Gasteiger partial charge is 0.107 e. The van der Waals surface area contributed by atoms with Gasteiger partial charge in [-0.1, -0.05) is 13.8 Å². The van der Waals surface area contributed by atoms with Crippen molar-refractivity contribution >= 4 is 16.7 Å². The van der Waals surface area contributed by atoms with Gasteiger partial charge in [0.2, 0.25) is 0 Å². The lowest BCUT2D eigenvalue weighted by Crippen LogP contribution is -2.24. The summed E-state index contributed by atoms with van der Waals surface area (Å²) in [7, 11) is 0. The number of fused-ring (bicyclic) bond motifs is 1. The number of aryl methyl sites for hydroxylation is 1. The molecule has 0 fully saturated rings. The second kappa shape index (κ2) is 7.29. The summed E-state index contributed by atoms with van der Waals surface area (Å²) in [6.07, 6.45) is 3.87. The SMILES string of the molecule is CCCN(CCC)c1ccc2nc(CCCO)[nH]c2c1. The minimum absolute atomic E-state index is 0.211. The van der Waals surface area contributed by atoms with Gasteiger partial charge >= 0.3 is 0 Å². The normalized spacial score (nSPS) is 11.2. The predicted octanol–water partition coefficient (Wildman–Crippen LogP) is 3.11. The maximum atomic E-state index is 8.89. The molecule has 0 aliphatic carbocycles. The van der Waals surface area contributed by atoms with Gasteiger partial charge in [-0.3, -0.25) is 0 Å². The van der Waals surface area contributed by atoms with E-state index < -0.39 is 0 Å². The number of hydrogen-bond donors (Lipinski definition) is 2. The second-order valence-electron chi connectivity index (χ2n) is 5.20. The average molecular weight is 275 g/mol. The molecule has 0 spiro atoms. The van der Waals surface area contributed by atoms with E-state index in [1.165, 1.54) is 5.69 Å². The van der Waals surface area contributed by atoms with Crippen LogP contribution < -0.4 is 4.90 Å². The van der Waals surface area contributed by atoms with Crippen LogP contribution in [-0.4, -0.2) is 34.8 Å². The maximum absolute atomic E-state index is 8.89. The number of aromatic nitrogens is 2. The van der Waals surface area contributed by atoms with Crippen molar-refractivity contribution < 1.29 is 5.11 Å². The molecule has 2 rings (SSSR count). The van der Waals surface area contributed by atoms with Crippen LogP contribution in [0.3, 0.4) is 0 Å². The van der Waals surface area contributed by atoms with E-state index in [4.69, 9.17) is 5.11 Å². The van der Waals surface area contributed by atoms with Crippen molar-refractivity contribution in [2.45, 2.75) is 39.5 Å². The molecule has 0 aliphatic rings. The second-order valence-corrected chi connectivity index (χ2v) is 5.20. The molecular formula is C16H25N3O. The Labute approximate surface area is 120 Å². The Morgan fingerprint density at radius 1 is 1.20 bits per heavy atom. The van der Waals surface area contributed by atoms with Crippen molar-refractivity contribution in [1.82, 2.24) is 9.97 Å². The third kappa shape index (κ3) is 3.51. The highest BCUT2D eigenvalue weighted by Gasteiger charge is 2.08. The quantitative estimate of drug-likeness (QED) is 0.778. The molecule has 0 amide bonds. The zero-order valence-corrected chi connectivity index (χ0v) is 12.5. The highest BCUT2D eigenvalue weighted by molar-refractivity contribution is 5.79. The molecule has 4 nitrogen and oxygen atoms in total. The fourth-order valence-electron chi connectivity index (χ4n) is 2.52. The van der Waals surface area contributed by atoms with Gasteiger partial charge in [-0.25, -0.2) is 4.98 Å². The van der Waals surface area contributed by atoms with Crippen LogP contribution in [0.4, 0.5) is 5.69 Å². The fraction of sp³-hybridized carbons (Fsp3) is 0.562. The lowest BCUT2D eigenvalue weighted by molar-refractivity contribution is 0.287. The summed E-state index contributed by atoms with van der Waals surface area (Å²) >= 11 is 0. The molecule has 0 radical (unpaired) electrons. The van der Waals surface area contributed by atoms with Crippen LogP contribution in [0.15, 0.2) is 18.2 Å². The molecule has 0 atom stereocenters. The first-order valence-electron chi connectivity index (χ1n) is 7.63. The first kappa shape index (κ1) is 14.9. The van der Waals surface area contributed by atoms with Gasteiger partial charge in [0.15, 0.2) is 0 Å². The minimum atomic E-state index is 0.211. The Hall–Kier alpha value is -1.55. The molecule has 110 valence electrons. The summed E-state index contributed by atoms with van der Waals surface area (Å²) in [5, 5.41) is 8.89. The van der Waals surface area contributed by atoms with Crippen LogP contribution in [0, 0.1) is 0 Å². The Bertz CT molecular complexity index is 530. The number of hydrogen-bond acceptors (Lipinski definition) is 3. The van der Waals surface area contributed by atoms with Gasteiger partial charge in [0, 0.05) is 31.8 Å². The van der Waals surface area contributed by atoms with Crippen LogP contribution >= 0.6 is 0 Å². The van der Waals surface area contributed by atoms with Gasteiger partial charge in [-0.05, 0) is 37.5 Å². The van der Waals surface area contributed by atoms with E-state index in [1.807, 2.05) is 0 Å². The molecule has 4 heteroatoms. The number of nitrogens with one attached hydrogen (secondary N) is 1. The molecule has 0 aliphatic heterocycles. The fourth-order valence-corrected chi connectivity index (χ4v) is 2.52. The molecule has 1 aromatic heterocycles. The third-order valence-corrected chi connectivity index (χ3v) is 3.44. The number of rotatable bonds is 8. The van der Waals surface area contributed by atoms with Crippen LogP contribution in [-0.2, 0) is 6.42 Å². The largest absolute Gasteiger partial charge is 0.396 e. The Morgan fingerprint density at radius 2 is 1.95 bits per heavy atom. The van der Waals surface area contributed by atoms with Crippen molar-refractivity contribution in [3.05, 3.63) is 24.0 Å². The molecule has 2 N–H and O–H groups in total. The summed E-state index contributed by atoms with van der Waals surface area (Å²) < 4.78 is 0. The molecule has 0 unspecified atom stereocenters. The van der Waals surface area contributed by atoms with Crippen molar-refractivity contribution in [3.8, 4) is 0 Å². The van der Waals surface area contributed by atoms with Gasteiger partial charge in [0.05, 0.1) is 11.0 Å². The molecule has 1 aromatic carbocycles. The molecule has 0 saturated heterocycles. The van der Waals surface area contributed by atoms with E-state index in [9.17, 15) is 0 Å². The van der Waals surface area contributed by atoms with Gasteiger partial charge in [0.1, 0.15) is 5.82 Å². The lowest BCUT2D eigenvalue weighted by Gasteiger charge is -2.23. The Kier molecular flexibility index (Phi) is 5.41. The number of nitrogens with zero attached hydrogens (tertiary/aromatic N) is 2. The van der Waals surface area contributed by atoms with Crippen molar-refractivity contribution in [3.63, 3.8) is 0 Å². The maximum Gasteiger partial charge on any atom is 0.107 e. The van der Waals surface area contributed by atoms with Crippen LogP contribution in [0.1, 0.15) is 38.9 Å². The van der Waals surface area contributed by atoms with Crippen molar-refractivity contribution in [2.24, 2.45) is 0 Å². The lowest BCUT2D eigenvalue weighted by atomic mass is 10.2. The van der Waals surface area contributed by atoms with Gasteiger partial charge in [-0.15, -0.1) is 0 Å². The number of anilines is 1. The van der Waals surface area contributed by atoms with E-state index in [2.05, 4.69) is 46.9 Å². The number of imidazole rings is 1. The summed E-state index contributed by atoms with van der Waals surface area (Å²) in [5.41, 5.74) is 3.36. The number of benzene rings is 1. The Balaban J connectivity index is 2.22. The standard InChI is InChI=1S/C16H25N3O/c1-3-9-19(10-4-2)13-7-8-14-15(12-13)18-16(17-14)6-5-11-20/h7-8,12,20H,3-6,9-11H2,1-2H3,(H,17,18). The van der Waals surface area contributed by atoms with Gasteiger partial charge < -0.3 is 15.0 Å². The monoisotopic (exact) mass is 275 g/mol. The van der Waals surface area contributed by atoms with Gasteiger partial charge in [0.25, 0.3) is 0 Å². The topological polar surface area (TPSA) is 52.1 Å². The number of aromatic amines is 1. The van der Waals surface area contributed by atoms with E-state index >= 15 is 0 Å². The zero-order chi connectivity index (χ0) is 14.4. The first-order chi connectivity index (χ1) is 9.78. The summed E-state index contributed by atoms with van der Waals surface area (Å²) in [6, 6.07) is 6.43. The number of aliphatic hydroxyl groups is 1. The predicted molar refractivity (Wildman–Crippen MR) is 84.3 cm³/mol. The van der Waals surface area contributed by atoms with E-state index in [-0.39, 0.29) is 6.61 Å².